The Hall–Kier alpha value is -2.47. The van der Waals surface area contributed by atoms with Crippen LogP contribution < -0.4 is 5.73 Å². The first-order valence-electron chi connectivity index (χ1n) is 5.48. The first kappa shape index (κ1) is 11.6. The molecule has 0 saturated heterocycles. The van der Waals surface area contributed by atoms with Gasteiger partial charge in [0.2, 0.25) is 0 Å². The van der Waals surface area contributed by atoms with E-state index in [4.69, 9.17) is 17.3 Å². The SMILES string of the molecule is Nc1cccc(-c2ncn(-c3ncc(Cl)cn3)n2)c1. The molecule has 7 heteroatoms. The highest BCUT2D eigenvalue weighted by Gasteiger charge is 2.07. The van der Waals surface area contributed by atoms with Gasteiger partial charge in [0.1, 0.15) is 6.33 Å². The molecule has 2 aromatic heterocycles. The third-order valence-corrected chi connectivity index (χ3v) is 2.64. The molecular weight excluding hydrogens is 264 g/mol. The third kappa shape index (κ3) is 2.38. The highest BCUT2D eigenvalue weighted by molar-refractivity contribution is 6.30. The Morgan fingerprint density at radius 3 is 2.63 bits per heavy atom. The molecule has 0 fully saturated rings. The maximum atomic E-state index is 5.73. The minimum absolute atomic E-state index is 0.409. The summed E-state index contributed by atoms with van der Waals surface area (Å²) in [6.45, 7) is 0. The lowest BCUT2D eigenvalue weighted by Crippen LogP contribution is -2.00. The summed E-state index contributed by atoms with van der Waals surface area (Å²) in [4.78, 5) is 12.3. The van der Waals surface area contributed by atoms with Gasteiger partial charge in [-0.05, 0) is 12.1 Å². The Morgan fingerprint density at radius 2 is 1.89 bits per heavy atom. The summed E-state index contributed by atoms with van der Waals surface area (Å²) >= 11 is 5.73. The number of hydrogen-bond donors (Lipinski definition) is 1. The first-order valence-corrected chi connectivity index (χ1v) is 5.86. The summed E-state index contributed by atoms with van der Waals surface area (Å²) in [5.41, 5.74) is 7.23. The molecule has 0 aliphatic rings. The zero-order valence-corrected chi connectivity index (χ0v) is 10.5. The highest BCUT2D eigenvalue weighted by Crippen LogP contribution is 2.17. The normalized spacial score (nSPS) is 10.6. The minimum atomic E-state index is 0.409. The van der Waals surface area contributed by atoms with Crippen molar-refractivity contribution in [2.75, 3.05) is 5.73 Å². The van der Waals surface area contributed by atoms with Crippen LogP contribution in [0.25, 0.3) is 17.3 Å². The van der Waals surface area contributed by atoms with Gasteiger partial charge in [0.25, 0.3) is 5.95 Å². The molecule has 0 radical (unpaired) electrons. The number of hydrogen-bond acceptors (Lipinski definition) is 5. The zero-order valence-electron chi connectivity index (χ0n) is 9.73. The number of nitrogen functional groups attached to an aromatic ring is 1. The van der Waals surface area contributed by atoms with Crippen LogP contribution in [0.5, 0.6) is 0 Å². The Bertz CT molecular complexity index is 706. The van der Waals surface area contributed by atoms with Gasteiger partial charge in [-0.25, -0.2) is 15.0 Å². The number of rotatable bonds is 2. The monoisotopic (exact) mass is 272 g/mol. The van der Waals surface area contributed by atoms with Crippen molar-refractivity contribution >= 4 is 17.3 Å². The van der Waals surface area contributed by atoms with E-state index in [9.17, 15) is 0 Å². The van der Waals surface area contributed by atoms with Gasteiger partial charge in [-0.2, -0.15) is 4.68 Å². The number of benzene rings is 1. The van der Waals surface area contributed by atoms with Crippen LogP contribution in [0.4, 0.5) is 5.69 Å². The summed E-state index contributed by atoms with van der Waals surface area (Å²) < 4.78 is 1.48. The van der Waals surface area contributed by atoms with Gasteiger partial charge in [0, 0.05) is 11.3 Å². The van der Waals surface area contributed by atoms with Gasteiger partial charge in [-0.3, -0.25) is 0 Å². The maximum absolute atomic E-state index is 5.73. The fourth-order valence-electron chi connectivity index (χ4n) is 1.59. The van der Waals surface area contributed by atoms with Crippen molar-refractivity contribution in [3.05, 3.63) is 48.0 Å². The Kier molecular flexibility index (Phi) is 2.85. The molecule has 0 unspecified atom stereocenters. The molecule has 94 valence electrons. The Balaban J connectivity index is 1.97. The quantitative estimate of drug-likeness (QED) is 0.721. The van der Waals surface area contributed by atoms with Crippen molar-refractivity contribution in [2.45, 2.75) is 0 Å². The number of nitrogens with two attached hydrogens (primary N) is 1. The van der Waals surface area contributed by atoms with E-state index in [1.807, 2.05) is 24.3 Å². The maximum Gasteiger partial charge on any atom is 0.252 e. The lowest BCUT2D eigenvalue weighted by molar-refractivity contribution is 0.809. The molecule has 3 aromatic rings. The van der Waals surface area contributed by atoms with E-state index in [1.165, 1.54) is 17.1 Å². The van der Waals surface area contributed by atoms with Crippen LogP contribution in [-0.2, 0) is 0 Å². The van der Waals surface area contributed by atoms with Gasteiger partial charge in [0.05, 0.1) is 17.4 Å². The summed E-state index contributed by atoms with van der Waals surface area (Å²) in [6.07, 6.45) is 4.55. The fourth-order valence-corrected chi connectivity index (χ4v) is 1.69. The van der Waals surface area contributed by atoms with Crippen LogP contribution in [0.15, 0.2) is 43.0 Å². The van der Waals surface area contributed by atoms with Crippen molar-refractivity contribution in [1.82, 2.24) is 24.7 Å². The number of aromatic nitrogens is 5. The number of anilines is 1. The molecule has 0 spiro atoms. The Labute approximate surface area is 113 Å². The van der Waals surface area contributed by atoms with E-state index in [1.54, 1.807) is 6.33 Å². The van der Waals surface area contributed by atoms with Crippen molar-refractivity contribution in [3.63, 3.8) is 0 Å². The third-order valence-electron chi connectivity index (χ3n) is 2.45. The van der Waals surface area contributed by atoms with Crippen molar-refractivity contribution in [2.24, 2.45) is 0 Å². The average molecular weight is 273 g/mol. The van der Waals surface area contributed by atoms with Gasteiger partial charge in [-0.1, -0.05) is 23.7 Å². The lowest BCUT2D eigenvalue weighted by atomic mass is 10.2. The summed E-state index contributed by atoms with van der Waals surface area (Å²) in [5, 5.41) is 4.78. The molecule has 2 heterocycles. The summed E-state index contributed by atoms with van der Waals surface area (Å²) in [5.74, 6) is 0.970. The molecule has 0 atom stereocenters. The van der Waals surface area contributed by atoms with Crippen molar-refractivity contribution < 1.29 is 0 Å². The molecule has 2 N–H and O–H groups in total. The molecule has 0 bridgehead atoms. The highest BCUT2D eigenvalue weighted by atomic mass is 35.5. The minimum Gasteiger partial charge on any atom is -0.399 e. The van der Waals surface area contributed by atoms with E-state index in [0.717, 1.165) is 5.56 Å². The number of nitrogens with zero attached hydrogens (tertiary/aromatic N) is 5. The first-order chi connectivity index (χ1) is 9.22. The summed E-state index contributed by atoms with van der Waals surface area (Å²) in [6, 6.07) is 7.36. The van der Waals surface area contributed by atoms with E-state index in [2.05, 4.69) is 20.1 Å². The van der Waals surface area contributed by atoms with Crippen LogP contribution in [0.2, 0.25) is 5.02 Å². The predicted octanol–water partition coefficient (Wildman–Crippen LogP) is 1.96. The number of halogens is 1. The molecule has 1 aromatic carbocycles. The second kappa shape index (κ2) is 4.66. The zero-order chi connectivity index (χ0) is 13.2. The van der Waals surface area contributed by atoms with Gasteiger partial charge >= 0.3 is 0 Å². The molecule has 6 nitrogen and oxygen atoms in total. The Morgan fingerprint density at radius 1 is 1.11 bits per heavy atom. The molecule has 3 rings (SSSR count). The van der Waals surface area contributed by atoms with E-state index >= 15 is 0 Å². The van der Waals surface area contributed by atoms with Crippen LogP contribution in [-0.4, -0.2) is 24.7 Å². The van der Waals surface area contributed by atoms with Gasteiger partial charge in [-0.15, -0.1) is 5.10 Å². The van der Waals surface area contributed by atoms with Crippen LogP contribution in [0.3, 0.4) is 0 Å². The average Bonchev–Trinajstić information content (AvgIpc) is 2.89. The van der Waals surface area contributed by atoms with Crippen LogP contribution in [0.1, 0.15) is 0 Å². The van der Waals surface area contributed by atoms with Crippen LogP contribution in [0, 0.1) is 0 Å². The topological polar surface area (TPSA) is 82.5 Å². The molecule has 19 heavy (non-hydrogen) atoms. The second-order valence-electron chi connectivity index (χ2n) is 3.84. The smallest absolute Gasteiger partial charge is 0.252 e. The predicted molar refractivity (Wildman–Crippen MR) is 71.8 cm³/mol. The molecular formula is C12H9ClN6. The van der Waals surface area contributed by atoms with E-state index in [-0.39, 0.29) is 0 Å². The fraction of sp³-hybridized carbons (Fsp3) is 0. The van der Waals surface area contributed by atoms with Crippen molar-refractivity contribution in [1.29, 1.82) is 0 Å². The second-order valence-corrected chi connectivity index (χ2v) is 4.28. The van der Waals surface area contributed by atoms with Crippen LogP contribution >= 0.6 is 11.6 Å². The molecule has 0 aliphatic heterocycles. The van der Waals surface area contributed by atoms with Crippen molar-refractivity contribution in [3.8, 4) is 17.3 Å². The molecule has 0 saturated carbocycles. The molecule has 0 amide bonds. The molecule has 0 aliphatic carbocycles. The summed E-state index contributed by atoms with van der Waals surface area (Å²) in [7, 11) is 0. The standard InChI is InChI=1S/C12H9ClN6/c13-9-5-15-12(16-6-9)19-7-17-11(18-19)8-2-1-3-10(14)4-8/h1-7H,14H2. The largest absolute Gasteiger partial charge is 0.399 e. The van der Waals surface area contributed by atoms with E-state index < -0.39 is 0 Å². The van der Waals surface area contributed by atoms with Gasteiger partial charge < -0.3 is 5.73 Å². The van der Waals surface area contributed by atoms with E-state index in [0.29, 0.717) is 22.5 Å². The van der Waals surface area contributed by atoms with Gasteiger partial charge in [0.15, 0.2) is 5.82 Å². The lowest BCUT2D eigenvalue weighted by Gasteiger charge is -1.98.